The van der Waals surface area contributed by atoms with Crippen LogP contribution in [-0.2, 0) is 25.8 Å². The van der Waals surface area contributed by atoms with Crippen LogP contribution in [0.2, 0.25) is 0 Å². The van der Waals surface area contributed by atoms with Gasteiger partial charge < -0.3 is 18.5 Å². The largest absolute Gasteiger partial charge is 2.00 e. The van der Waals surface area contributed by atoms with Crippen LogP contribution in [0.15, 0.2) is 0 Å². The molecule has 38 valence electrons. The molecule has 1 nitrogen and oxygen atoms in total. The number of rotatable bonds is 1. The smallest absolute Gasteiger partial charge is 0.408 e. The summed E-state index contributed by atoms with van der Waals surface area (Å²) in [5.74, 6) is 0. The summed E-state index contributed by atoms with van der Waals surface area (Å²) in [6.45, 7) is 0.830. The zero-order valence-electron chi connectivity index (χ0n) is 4.26. The first-order chi connectivity index (χ1) is 2.43. The summed E-state index contributed by atoms with van der Waals surface area (Å²) in [6, 6.07) is 0. The summed E-state index contributed by atoms with van der Waals surface area (Å²) >= 11 is 0. The van der Waals surface area contributed by atoms with E-state index >= 15 is 0 Å². The molecule has 1 heterocycles. The third kappa shape index (κ3) is 4.57. The Bertz CT molecular complexity index is 38.7. The Morgan fingerprint density at radius 2 is 2.14 bits per heavy atom. The van der Waals surface area contributed by atoms with Gasteiger partial charge in [0.1, 0.15) is 0 Å². The van der Waals surface area contributed by atoms with Gasteiger partial charge in [-0.2, -0.15) is 7.85 Å². The fourth-order valence-corrected chi connectivity index (χ4v) is 0.167. The molecule has 1 aliphatic heterocycles. The summed E-state index contributed by atoms with van der Waals surface area (Å²) in [7, 11) is 4.98. The Morgan fingerprint density at radius 3 is 2.14 bits per heavy atom. The Labute approximate surface area is 60.5 Å². The molecule has 1 atom stereocenters. The van der Waals surface area contributed by atoms with Crippen LogP contribution < -0.4 is 0 Å². The third-order valence-electron chi connectivity index (χ3n) is 0.574. The second kappa shape index (κ2) is 4.86. The minimum Gasteiger partial charge on any atom is -0.408 e. The first-order valence-corrected chi connectivity index (χ1v) is 1.60. The van der Waals surface area contributed by atoms with Gasteiger partial charge in [0, 0.05) is 6.61 Å². The maximum Gasteiger partial charge on any atom is 2.00 e. The van der Waals surface area contributed by atoms with Crippen molar-refractivity contribution in [2.24, 2.45) is 0 Å². The normalized spacial score (nSPS) is 24.3. The van der Waals surface area contributed by atoms with Crippen LogP contribution >= 0.6 is 0 Å². The van der Waals surface area contributed by atoms with Crippen LogP contribution in [0.25, 0.3) is 0 Å². The molecule has 0 N–H and O–H groups in total. The van der Waals surface area contributed by atoms with Crippen molar-refractivity contribution in [3.8, 4) is 0 Å². The molecule has 1 aliphatic rings. The van der Waals surface area contributed by atoms with Crippen molar-refractivity contribution in [1.29, 1.82) is 0 Å². The average Bonchev–Trinajstić information content (AvgIpc) is 2.12. The first-order valence-electron chi connectivity index (χ1n) is 1.60. The monoisotopic (exact) mass is 266 g/mol. The molecule has 7 heavy (non-hydrogen) atoms. The molecule has 0 aliphatic carbocycles. The van der Waals surface area contributed by atoms with E-state index in [9.17, 15) is 0 Å². The minimum absolute atomic E-state index is 0. The van der Waals surface area contributed by atoms with Gasteiger partial charge in [0.25, 0.3) is 0 Å². The van der Waals surface area contributed by atoms with Crippen LogP contribution in [-0.4, -0.2) is 20.6 Å². The van der Waals surface area contributed by atoms with E-state index in [1.54, 1.807) is 6.32 Å². The van der Waals surface area contributed by atoms with Crippen molar-refractivity contribution in [3.63, 3.8) is 0 Å². The fraction of sp³-hybridized carbons (Fsp3) is 0.500. The van der Waals surface area contributed by atoms with Gasteiger partial charge in [-0.25, -0.2) is 0 Å². The summed E-state index contributed by atoms with van der Waals surface area (Å²) in [4.78, 5) is 0. The molecular weight excluding hydrogens is 259 g/mol. The number of hydrogen-bond acceptors (Lipinski definition) is 1. The van der Waals surface area contributed by atoms with E-state index in [-0.39, 0.29) is 34.6 Å². The van der Waals surface area contributed by atoms with Crippen LogP contribution in [0.1, 0.15) is 0 Å². The fourth-order valence-electron chi connectivity index (χ4n) is 0.167. The van der Waals surface area contributed by atoms with E-state index in [1.807, 2.05) is 0 Å². The van der Waals surface area contributed by atoms with Gasteiger partial charge in [-0.3, -0.25) is 0 Å². The molecule has 0 spiro atoms. The zero-order valence-corrected chi connectivity index (χ0v) is 7.19. The number of hydrogen-bond donors (Lipinski definition) is 0. The molecule has 0 saturated carbocycles. The molecule has 0 aromatic heterocycles. The standard InChI is InChI=1S/C3H4BO.CH3.W/c4-1-3-2-5-3;;/h1,3H,2H2;1H3;/q2*-1;+2. The van der Waals surface area contributed by atoms with Gasteiger partial charge in [0.2, 0.25) is 0 Å². The van der Waals surface area contributed by atoms with Gasteiger partial charge in [0.15, 0.2) is 0 Å². The van der Waals surface area contributed by atoms with Crippen molar-refractivity contribution in [1.82, 2.24) is 0 Å². The van der Waals surface area contributed by atoms with Gasteiger partial charge in [-0.15, -0.1) is 0 Å². The zero-order chi connectivity index (χ0) is 3.70. The Hall–Kier alpha value is 0.713. The predicted molar refractivity (Wildman–Crippen MR) is 26.2 cm³/mol. The van der Waals surface area contributed by atoms with E-state index in [0.29, 0.717) is 0 Å². The van der Waals surface area contributed by atoms with Crippen LogP contribution in [0.3, 0.4) is 0 Å². The van der Waals surface area contributed by atoms with Crippen molar-refractivity contribution in [3.05, 3.63) is 13.7 Å². The molecule has 2 radical (unpaired) electrons. The van der Waals surface area contributed by atoms with Crippen LogP contribution in [0.4, 0.5) is 0 Å². The molecule has 0 amide bonds. The molecule has 1 saturated heterocycles. The summed E-state index contributed by atoms with van der Waals surface area (Å²) < 4.78 is 4.68. The number of ether oxygens (including phenoxy) is 1. The van der Waals surface area contributed by atoms with Gasteiger partial charge in [-0.1, -0.05) is 0 Å². The van der Waals surface area contributed by atoms with Crippen molar-refractivity contribution < 1.29 is 25.8 Å². The van der Waals surface area contributed by atoms with E-state index in [1.165, 1.54) is 0 Å². The molecule has 1 fully saturated rings. The van der Waals surface area contributed by atoms with Gasteiger partial charge in [0.05, 0.1) is 0 Å². The molecule has 0 aromatic rings. The molecule has 0 aromatic carbocycles. The summed E-state index contributed by atoms with van der Waals surface area (Å²) in [6.07, 6.45) is 1.84. The van der Waals surface area contributed by atoms with Crippen molar-refractivity contribution >= 4 is 7.85 Å². The minimum atomic E-state index is 0. The van der Waals surface area contributed by atoms with E-state index in [2.05, 4.69) is 4.74 Å². The van der Waals surface area contributed by atoms with E-state index < -0.39 is 0 Å². The second-order valence-corrected chi connectivity index (χ2v) is 1.06. The molecule has 0 bridgehead atoms. The van der Waals surface area contributed by atoms with Crippen LogP contribution in [0, 0.1) is 13.7 Å². The van der Waals surface area contributed by atoms with Crippen LogP contribution in [0.5, 0.6) is 0 Å². The van der Waals surface area contributed by atoms with E-state index in [4.69, 9.17) is 7.85 Å². The van der Waals surface area contributed by atoms with Gasteiger partial charge in [-0.05, 0) is 6.10 Å². The predicted octanol–water partition coefficient (Wildman–Crippen LogP) is 0.163. The van der Waals surface area contributed by atoms with Crippen molar-refractivity contribution in [2.45, 2.75) is 6.10 Å². The second-order valence-electron chi connectivity index (χ2n) is 1.06. The first kappa shape index (κ1) is 10.6. The topological polar surface area (TPSA) is 12.5 Å². The van der Waals surface area contributed by atoms with Crippen molar-refractivity contribution in [2.75, 3.05) is 6.61 Å². The summed E-state index contributed by atoms with van der Waals surface area (Å²) in [5, 5.41) is 0. The Balaban J connectivity index is 0. The SMILES string of the molecule is [B][CH-]C1CO1.[CH3-].[W+2]. The molecule has 1 unspecified atom stereocenters. The summed E-state index contributed by atoms with van der Waals surface area (Å²) in [5.41, 5.74) is 0. The quantitative estimate of drug-likeness (QED) is 0.374. The number of epoxide rings is 1. The maximum absolute atomic E-state index is 4.98. The third-order valence-corrected chi connectivity index (χ3v) is 0.574. The molecular formula is C4H7BOW. The maximum atomic E-state index is 4.98. The Kier molecular flexibility index (Phi) is 7.40. The van der Waals surface area contributed by atoms with E-state index in [0.717, 1.165) is 6.61 Å². The Morgan fingerprint density at radius 1 is 1.71 bits per heavy atom. The molecule has 1 rings (SSSR count). The average molecular weight is 266 g/mol. The van der Waals surface area contributed by atoms with Gasteiger partial charge >= 0.3 is 21.1 Å². The molecule has 3 heteroatoms.